The van der Waals surface area contributed by atoms with Crippen molar-refractivity contribution in [2.24, 2.45) is 4.99 Å². The van der Waals surface area contributed by atoms with Crippen LogP contribution in [0.4, 0.5) is 4.79 Å². The number of ether oxygens (including phenoxy) is 2. The first-order valence-electron chi connectivity index (χ1n) is 9.96. The van der Waals surface area contributed by atoms with Crippen molar-refractivity contribution in [3.63, 3.8) is 0 Å². The lowest BCUT2D eigenvalue weighted by molar-refractivity contribution is -0.00688. The lowest BCUT2D eigenvalue weighted by Crippen LogP contribution is -2.63. The zero-order valence-electron chi connectivity index (χ0n) is 18.2. The number of nitrogens with one attached hydrogen (secondary N) is 2. The number of amides is 1. The maximum absolute atomic E-state index is 12.0. The number of halogens is 1. The summed E-state index contributed by atoms with van der Waals surface area (Å²) < 4.78 is 10.8. The van der Waals surface area contributed by atoms with Gasteiger partial charge in [-0.1, -0.05) is 0 Å². The second kappa shape index (κ2) is 10.8. The minimum absolute atomic E-state index is 0. The number of nitrogens with zero attached hydrogens (tertiary/aromatic N) is 3. The number of aliphatic imine (C=N–C) groups is 1. The van der Waals surface area contributed by atoms with Gasteiger partial charge in [-0.3, -0.25) is 9.89 Å². The molecule has 2 saturated heterocycles. The number of carbonyl (C=O) groups excluding carboxylic acids is 1. The monoisotopic (exact) mass is 511 g/mol. The molecule has 0 aromatic heterocycles. The molecule has 0 spiro atoms. The SMILES string of the molecule is CCNC(=NCC(C)(C)N1CCOCC1)NC1CN(C(=O)OC(C)(C)C)C1.I. The van der Waals surface area contributed by atoms with Crippen LogP contribution in [0.15, 0.2) is 4.99 Å². The molecule has 0 aromatic carbocycles. The fourth-order valence-electron chi connectivity index (χ4n) is 3.10. The summed E-state index contributed by atoms with van der Waals surface area (Å²) in [6, 6.07) is 0.196. The van der Waals surface area contributed by atoms with Crippen LogP contribution in [-0.2, 0) is 9.47 Å². The molecule has 0 bridgehead atoms. The van der Waals surface area contributed by atoms with Crippen molar-refractivity contribution >= 4 is 36.0 Å². The maximum Gasteiger partial charge on any atom is 0.410 e. The third kappa shape index (κ3) is 7.90. The second-order valence-electron chi connectivity index (χ2n) is 8.83. The first-order chi connectivity index (χ1) is 12.6. The Morgan fingerprint density at radius 1 is 1.18 bits per heavy atom. The fraction of sp³-hybridized carbons (Fsp3) is 0.895. The average molecular weight is 511 g/mol. The van der Waals surface area contributed by atoms with Gasteiger partial charge in [-0.15, -0.1) is 24.0 Å². The van der Waals surface area contributed by atoms with Crippen LogP contribution in [0, 0.1) is 0 Å². The Kier molecular flexibility index (Phi) is 9.75. The highest BCUT2D eigenvalue weighted by Gasteiger charge is 2.34. The minimum Gasteiger partial charge on any atom is -0.444 e. The van der Waals surface area contributed by atoms with Gasteiger partial charge in [-0.05, 0) is 41.5 Å². The van der Waals surface area contributed by atoms with Crippen molar-refractivity contribution in [1.82, 2.24) is 20.4 Å². The number of morpholine rings is 1. The fourth-order valence-corrected chi connectivity index (χ4v) is 3.10. The number of hydrogen-bond donors (Lipinski definition) is 2. The van der Waals surface area contributed by atoms with Crippen LogP contribution in [0.25, 0.3) is 0 Å². The van der Waals surface area contributed by atoms with Crippen molar-refractivity contribution in [3.8, 4) is 0 Å². The molecule has 2 aliphatic heterocycles. The zero-order chi connectivity index (χ0) is 20.1. The van der Waals surface area contributed by atoms with E-state index in [-0.39, 0.29) is 41.7 Å². The summed E-state index contributed by atoms with van der Waals surface area (Å²) in [7, 11) is 0. The summed E-state index contributed by atoms with van der Waals surface area (Å²) in [6.45, 7) is 18.4. The molecule has 2 N–H and O–H groups in total. The summed E-state index contributed by atoms with van der Waals surface area (Å²) >= 11 is 0. The molecule has 1 amide bonds. The molecular weight excluding hydrogens is 473 g/mol. The summed E-state index contributed by atoms with van der Waals surface area (Å²) in [6.07, 6.45) is -0.254. The Balaban J connectivity index is 0.00000392. The van der Waals surface area contributed by atoms with E-state index < -0.39 is 5.60 Å². The molecule has 2 aliphatic rings. The van der Waals surface area contributed by atoms with Gasteiger partial charge in [0.05, 0.1) is 25.8 Å². The van der Waals surface area contributed by atoms with Crippen molar-refractivity contribution in [1.29, 1.82) is 0 Å². The average Bonchev–Trinajstić information content (AvgIpc) is 2.54. The van der Waals surface area contributed by atoms with E-state index in [2.05, 4.69) is 36.3 Å². The Bertz CT molecular complexity index is 524. The number of rotatable bonds is 5. The molecule has 2 rings (SSSR count). The largest absolute Gasteiger partial charge is 0.444 e. The quantitative estimate of drug-likeness (QED) is 0.334. The lowest BCUT2D eigenvalue weighted by Gasteiger charge is -2.41. The molecule has 0 unspecified atom stereocenters. The van der Waals surface area contributed by atoms with Crippen molar-refractivity contribution < 1.29 is 14.3 Å². The summed E-state index contributed by atoms with van der Waals surface area (Å²) in [4.78, 5) is 21.0. The predicted octanol–water partition coefficient (Wildman–Crippen LogP) is 1.89. The van der Waals surface area contributed by atoms with Crippen LogP contribution < -0.4 is 10.6 Å². The van der Waals surface area contributed by atoms with Crippen LogP contribution in [0.3, 0.4) is 0 Å². The van der Waals surface area contributed by atoms with Crippen LogP contribution in [0.2, 0.25) is 0 Å². The molecule has 0 aliphatic carbocycles. The molecule has 0 saturated carbocycles. The second-order valence-corrected chi connectivity index (χ2v) is 8.83. The van der Waals surface area contributed by atoms with E-state index in [4.69, 9.17) is 14.5 Å². The van der Waals surface area contributed by atoms with Gasteiger partial charge in [-0.2, -0.15) is 0 Å². The standard InChI is InChI=1S/C19H37N5O3.HI/c1-7-20-16(21-14-19(5,6)24-8-10-26-11-9-24)22-15-12-23(13-15)17(25)27-18(2,3)4;/h15H,7-14H2,1-6H3,(H2,20,21,22);1H. The van der Waals surface area contributed by atoms with E-state index in [1.54, 1.807) is 4.90 Å². The van der Waals surface area contributed by atoms with Gasteiger partial charge in [0.25, 0.3) is 0 Å². The molecule has 164 valence electrons. The van der Waals surface area contributed by atoms with E-state index >= 15 is 0 Å². The van der Waals surface area contributed by atoms with Crippen molar-refractivity contribution in [3.05, 3.63) is 0 Å². The Hall–Kier alpha value is -0.810. The van der Waals surface area contributed by atoms with Crippen molar-refractivity contribution in [2.45, 2.75) is 58.7 Å². The molecule has 0 aromatic rings. The Morgan fingerprint density at radius 3 is 2.32 bits per heavy atom. The van der Waals surface area contributed by atoms with Gasteiger partial charge >= 0.3 is 6.09 Å². The van der Waals surface area contributed by atoms with Gasteiger partial charge in [0, 0.05) is 38.3 Å². The third-order valence-corrected chi connectivity index (χ3v) is 4.71. The van der Waals surface area contributed by atoms with Crippen LogP contribution in [0.1, 0.15) is 41.5 Å². The highest BCUT2D eigenvalue weighted by atomic mass is 127. The molecule has 0 atom stereocenters. The normalized spacial score (nSPS) is 19.5. The van der Waals surface area contributed by atoms with Crippen LogP contribution >= 0.6 is 24.0 Å². The first-order valence-corrected chi connectivity index (χ1v) is 9.96. The van der Waals surface area contributed by atoms with Gasteiger partial charge < -0.3 is 25.0 Å². The van der Waals surface area contributed by atoms with E-state index in [0.717, 1.165) is 38.8 Å². The maximum atomic E-state index is 12.0. The first kappa shape index (κ1) is 25.2. The smallest absolute Gasteiger partial charge is 0.410 e. The van der Waals surface area contributed by atoms with Gasteiger partial charge in [0.1, 0.15) is 5.60 Å². The lowest BCUT2D eigenvalue weighted by atomic mass is 10.0. The van der Waals surface area contributed by atoms with E-state index in [1.807, 2.05) is 20.8 Å². The highest BCUT2D eigenvalue weighted by Crippen LogP contribution is 2.17. The number of hydrogen-bond acceptors (Lipinski definition) is 5. The predicted molar refractivity (Wildman–Crippen MR) is 123 cm³/mol. The Morgan fingerprint density at radius 2 is 1.79 bits per heavy atom. The minimum atomic E-state index is -0.461. The molecular formula is C19H38IN5O3. The number of carbonyl (C=O) groups is 1. The number of likely N-dealkylation sites (tertiary alicyclic amines) is 1. The Labute approximate surface area is 186 Å². The molecule has 28 heavy (non-hydrogen) atoms. The zero-order valence-corrected chi connectivity index (χ0v) is 20.5. The molecule has 2 fully saturated rings. The van der Waals surface area contributed by atoms with Gasteiger partial charge in [0.2, 0.25) is 0 Å². The summed E-state index contributed by atoms with van der Waals surface area (Å²) in [5, 5.41) is 6.72. The van der Waals surface area contributed by atoms with Crippen molar-refractivity contribution in [2.75, 3.05) is 52.5 Å². The van der Waals surface area contributed by atoms with Crippen LogP contribution in [-0.4, -0.2) is 91.5 Å². The summed E-state index contributed by atoms with van der Waals surface area (Å²) in [5.41, 5.74) is -0.481. The molecule has 0 radical (unpaired) electrons. The number of guanidine groups is 1. The van der Waals surface area contributed by atoms with E-state index in [1.165, 1.54) is 0 Å². The van der Waals surface area contributed by atoms with Crippen LogP contribution in [0.5, 0.6) is 0 Å². The van der Waals surface area contributed by atoms with E-state index in [0.29, 0.717) is 19.6 Å². The topological polar surface area (TPSA) is 78.4 Å². The van der Waals surface area contributed by atoms with Gasteiger partial charge in [0.15, 0.2) is 5.96 Å². The molecule has 2 heterocycles. The third-order valence-electron chi connectivity index (χ3n) is 4.71. The highest BCUT2D eigenvalue weighted by molar-refractivity contribution is 14.0. The van der Waals surface area contributed by atoms with Gasteiger partial charge in [-0.25, -0.2) is 4.79 Å². The molecule has 8 nitrogen and oxygen atoms in total. The van der Waals surface area contributed by atoms with E-state index in [9.17, 15) is 4.79 Å². The summed E-state index contributed by atoms with van der Waals surface area (Å²) in [5.74, 6) is 0.799. The molecule has 9 heteroatoms.